The summed E-state index contributed by atoms with van der Waals surface area (Å²) in [6, 6.07) is 17.5. The largest absolute Gasteiger partial charge is 0.488 e. The van der Waals surface area contributed by atoms with Gasteiger partial charge in [0.25, 0.3) is 0 Å². The quantitative estimate of drug-likeness (QED) is 0.597. The number of para-hydroxylation sites is 1. The molecular formula is C27H35N3O5. The molecule has 2 N–H and O–H groups in total. The molecule has 2 fully saturated rings. The van der Waals surface area contributed by atoms with Crippen molar-refractivity contribution in [1.82, 2.24) is 14.7 Å². The first kappa shape index (κ1) is 25.0. The second-order valence-electron chi connectivity index (χ2n) is 9.76. The summed E-state index contributed by atoms with van der Waals surface area (Å²) in [4.78, 5) is 28.7. The van der Waals surface area contributed by atoms with Gasteiger partial charge in [-0.3, -0.25) is 9.80 Å². The predicted molar refractivity (Wildman–Crippen MR) is 133 cm³/mol. The standard InChI is InChI=1S/C27H35N3O5/c1-28(2)27(21-9-4-3-5-10-21)13-16-29(17-14-27)15-12-20-8-6-7-11-24(20)35-22-18-23(25(31)32)30(19-22)26(33)34/h3-11,22-23H,12-19H2,1-2H3,(H,31,32)(H,33,34)/t22-,23-/m0/s1. The zero-order valence-corrected chi connectivity index (χ0v) is 20.5. The van der Waals surface area contributed by atoms with Crippen molar-refractivity contribution in [1.29, 1.82) is 0 Å². The van der Waals surface area contributed by atoms with Crippen LogP contribution in [0, 0.1) is 0 Å². The van der Waals surface area contributed by atoms with E-state index >= 15 is 0 Å². The van der Waals surface area contributed by atoms with Crippen molar-refractivity contribution in [2.75, 3.05) is 40.3 Å². The van der Waals surface area contributed by atoms with E-state index < -0.39 is 24.2 Å². The van der Waals surface area contributed by atoms with Crippen LogP contribution in [0.5, 0.6) is 5.75 Å². The molecule has 4 rings (SSSR count). The number of piperidine rings is 1. The topological polar surface area (TPSA) is 93.6 Å². The van der Waals surface area contributed by atoms with Crippen LogP contribution in [0.25, 0.3) is 0 Å². The van der Waals surface area contributed by atoms with Crippen LogP contribution in [-0.2, 0) is 16.8 Å². The zero-order valence-electron chi connectivity index (χ0n) is 20.5. The van der Waals surface area contributed by atoms with E-state index in [4.69, 9.17) is 4.74 Å². The second-order valence-corrected chi connectivity index (χ2v) is 9.76. The molecule has 188 valence electrons. The number of carbonyl (C=O) groups is 2. The van der Waals surface area contributed by atoms with Gasteiger partial charge in [0.2, 0.25) is 0 Å². The van der Waals surface area contributed by atoms with E-state index in [1.165, 1.54) is 5.56 Å². The number of aliphatic carboxylic acids is 1. The Morgan fingerprint density at radius 2 is 1.69 bits per heavy atom. The molecule has 2 aliphatic heterocycles. The minimum atomic E-state index is -1.23. The van der Waals surface area contributed by atoms with Crippen molar-refractivity contribution in [3.05, 3.63) is 65.7 Å². The molecule has 0 bridgehead atoms. The molecule has 0 spiro atoms. The minimum absolute atomic E-state index is 0.0535. The maximum atomic E-state index is 11.5. The number of hydrogen-bond donors (Lipinski definition) is 2. The predicted octanol–water partition coefficient (Wildman–Crippen LogP) is 3.37. The maximum Gasteiger partial charge on any atom is 0.408 e. The SMILES string of the molecule is CN(C)C1(c2ccccc2)CCN(CCc2ccccc2O[C@H]2C[C@@H](C(=O)O)N(C(=O)O)C2)CC1. The summed E-state index contributed by atoms with van der Waals surface area (Å²) < 4.78 is 6.14. The van der Waals surface area contributed by atoms with Gasteiger partial charge in [0.05, 0.1) is 6.54 Å². The van der Waals surface area contributed by atoms with Gasteiger partial charge in [0, 0.05) is 31.6 Å². The van der Waals surface area contributed by atoms with Crippen LogP contribution in [0.2, 0.25) is 0 Å². The Bertz CT molecular complexity index is 998. The highest BCUT2D eigenvalue weighted by molar-refractivity contribution is 5.80. The first-order valence-electron chi connectivity index (χ1n) is 12.2. The summed E-state index contributed by atoms with van der Waals surface area (Å²) in [6.07, 6.45) is 1.38. The number of carboxylic acids is 1. The maximum absolute atomic E-state index is 11.5. The Balaban J connectivity index is 1.36. The molecule has 8 heteroatoms. The molecule has 2 heterocycles. The van der Waals surface area contributed by atoms with E-state index in [1.54, 1.807) is 0 Å². The molecule has 2 saturated heterocycles. The lowest BCUT2D eigenvalue weighted by Gasteiger charge is -2.46. The number of benzene rings is 2. The fraction of sp³-hybridized carbons (Fsp3) is 0.481. The van der Waals surface area contributed by atoms with Crippen molar-refractivity contribution in [3.8, 4) is 5.75 Å². The van der Waals surface area contributed by atoms with Crippen LogP contribution >= 0.6 is 0 Å². The fourth-order valence-electron chi connectivity index (χ4n) is 5.50. The smallest absolute Gasteiger partial charge is 0.408 e. The molecular weight excluding hydrogens is 446 g/mol. The van der Waals surface area contributed by atoms with Gasteiger partial charge in [-0.05, 0) is 50.6 Å². The Morgan fingerprint density at radius 1 is 1.03 bits per heavy atom. The highest BCUT2D eigenvalue weighted by Gasteiger charge is 2.41. The molecule has 2 aromatic carbocycles. The number of amides is 1. The highest BCUT2D eigenvalue weighted by atomic mass is 16.5. The lowest BCUT2D eigenvalue weighted by Crippen LogP contribution is -2.50. The van der Waals surface area contributed by atoms with Gasteiger partial charge in [0.15, 0.2) is 0 Å². The average molecular weight is 482 g/mol. The Hall–Kier alpha value is -3.10. The van der Waals surface area contributed by atoms with Crippen LogP contribution in [0.15, 0.2) is 54.6 Å². The molecule has 1 amide bonds. The third-order valence-electron chi connectivity index (χ3n) is 7.61. The van der Waals surface area contributed by atoms with Crippen molar-refractivity contribution >= 4 is 12.1 Å². The van der Waals surface area contributed by atoms with Gasteiger partial charge in [-0.25, -0.2) is 9.59 Å². The normalized spacial score (nSPS) is 22.3. The van der Waals surface area contributed by atoms with Crippen molar-refractivity contribution in [2.45, 2.75) is 43.4 Å². The number of hydrogen-bond acceptors (Lipinski definition) is 5. The van der Waals surface area contributed by atoms with Crippen molar-refractivity contribution in [3.63, 3.8) is 0 Å². The van der Waals surface area contributed by atoms with Gasteiger partial charge in [-0.2, -0.15) is 0 Å². The highest BCUT2D eigenvalue weighted by Crippen LogP contribution is 2.37. The third kappa shape index (κ3) is 5.44. The third-order valence-corrected chi connectivity index (χ3v) is 7.61. The van der Waals surface area contributed by atoms with E-state index in [0.29, 0.717) is 5.75 Å². The molecule has 2 aromatic rings. The van der Waals surface area contributed by atoms with Crippen molar-refractivity contribution < 1.29 is 24.5 Å². The molecule has 8 nitrogen and oxygen atoms in total. The van der Waals surface area contributed by atoms with Crippen LogP contribution in [0.4, 0.5) is 4.79 Å². The van der Waals surface area contributed by atoms with Crippen LogP contribution in [-0.4, -0.2) is 89.4 Å². The molecule has 0 aromatic heterocycles. The first-order chi connectivity index (χ1) is 16.8. The second kappa shape index (κ2) is 10.7. The first-order valence-corrected chi connectivity index (χ1v) is 12.2. The van der Waals surface area contributed by atoms with E-state index in [9.17, 15) is 19.8 Å². The van der Waals surface area contributed by atoms with E-state index in [0.717, 1.165) is 49.4 Å². The number of nitrogens with zero attached hydrogens (tertiary/aromatic N) is 3. The van der Waals surface area contributed by atoms with Crippen LogP contribution in [0.3, 0.4) is 0 Å². The Labute approximate surface area is 206 Å². The summed E-state index contributed by atoms with van der Waals surface area (Å²) in [5.74, 6) is -0.431. The number of likely N-dealkylation sites (tertiary alicyclic amines) is 2. The van der Waals surface area contributed by atoms with E-state index in [2.05, 4.69) is 54.2 Å². The monoisotopic (exact) mass is 481 g/mol. The summed E-state index contributed by atoms with van der Waals surface area (Å²) >= 11 is 0. The van der Waals surface area contributed by atoms with Gasteiger partial charge in [-0.1, -0.05) is 48.5 Å². The number of carboxylic acid groups (broad SMARTS) is 2. The molecule has 0 aliphatic carbocycles. The van der Waals surface area contributed by atoms with Gasteiger partial charge >= 0.3 is 12.1 Å². The lowest BCUT2D eigenvalue weighted by molar-refractivity contribution is -0.141. The number of ether oxygens (including phenoxy) is 1. The van der Waals surface area contributed by atoms with Gasteiger partial charge < -0.3 is 19.8 Å². The molecule has 0 radical (unpaired) electrons. The van der Waals surface area contributed by atoms with Gasteiger partial charge in [-0.15, -0.1) is 0 Å². The van der Waals surface area contributed by atoms with Crippen LogP contribution in [0.1, 0.15) is 30.4 Å². The van der Waals surface area contributed by atoms with Crippen molar-refractivity contribution in [2.24, 2.45) is 0 Å². The van der Waals surface area contributed by atoms with Gasteiger partial charge in [0.1, 0.15) is 17.9 Å². The molecule has 0 unspecified atom stereocenters. The van der Waals surface area contributed by atoms with Crippen LogP contribution < -0.4 is 4.74 Å². The van der Waals surface area contributed by atoms with E-state index in [-0.39, 0.29) is 18.5 Å². The lowest BCUT2D eigenvalue weighted by atomic mass is 9.79. The summed E-state index contributed by atoms with van der Waals surface area (Å²) in [7, 11) is 4.33. The minimum Gasteiger partial charge on any atom is -0.488 e. The Kier molecular flexibility index (Phi) is 7.62. The molecule has 0 saturated carbocycles. The summed E-state index contributed by atoms with van der Waals surface area (Å²) in [5.41, 5.74) is 2.48. The molecule has 2 aliphatic rings. The average Bonchev–Trinajstić information content (AvgIpc) is 3.29. The zero-order chi connectivity index (χ0) is 25.0. The summed E-state index contributed by atoms with van der Waals surface area (Å²) in [5, 5.41) is 18.7. The fourth-order valence-corrected chi connectivity index (χ4v) is 5.50. The number of rotatable bonds is 8. The summed E-state index contributed by atoms with van der Waals surface area (Å²) in [6.45, 7) is 2.97. The Morgan fingerprint density at radius 3 is 2.29 bits per heavy atom. The molecule has 2 atom stereocenters. The molecule has 35 heavy (non-hydrogen) atoms. The van der Waals surface area contributed by atoms with E-state index in [1.807, 2.05) is 24.3 Å².